The summed E-state index contributed by atoms with van der Waals surface area (Å²) in [6.07, 6.45) is 3.31. The maximum atomic E-state index is 9.07. The van der Waals surface area contributed by atoms with Gasteiger partial charge in [-0.25, -0.2) is 4.98 Å². The monoisotopic (exact) mass is 244 g/mol. The molecule has 0 bridgehead atoms. The van der Waals surface area contributed by atoms with E-state index in [4.69, 9.17) is 5.26 Å². The van der Waals surface area contributed by atoms with Crippen LogP contribution in [0.3, 0.4) is 0 Å². The van der Waals surface area contributed by atoms with Gasteiger partial charge in [0.05, 0.1) is 11.8 Å². The highest BCUT2D eigenvalue weighted by atomic mass is 32.1. The van der Waals surface area contributed by atoms with Crippen molar-refractivity contribution in [2.45, 2.75) is 26.2 Å². The summed E-state index contributed by atoms with van der Waals surface area (Å²) >= 11 is 1.48. The molecule has 0 saturated carbocycles. The van der Waals surface area contributed by atoms with Gasteiger partial charge in [0.15, 0.2) is 0 Å². The van der Waals surface area contributed by atoms with Crippen molar-refractivity contribution in [2.75, 3.05) is 0 Å². The lowest BCUT2D eigenvalue weighted by atomic mass is 9.97. The summed E-state index contributed by atoms with van der Waals surface area (Å²) in [4.78, 5) is 12.9. The third-order valence-electron chi connectivity index (χ3n) is 2.44. The summed E-state index contributed by atoms with van der Waals surface area (Å²) in [6, 6.07) is 2.25. The number of thiazole rings is 1. The van der Waals surface area contributed by atoms with Gasteiger partial charge in [0.2, 0.25) is 0 Å². The maximum Gasteiger partial charge on any atom is 0.113 e. The van der Waals surface area contributed by atoms with E-state index in [0.29, 0.717) is 0 Å². The molecule has 0 fully saturated rings. The zero-order valence-corrected chi connectivity index (χ0v) is 10.7. The van der Waals surface area contributed by atoms with E-state index in [1.165, 1.54) is 11.3 Å². The fraction of sp³-hybridized carbons (Fsp3) is 0.333. The van der Waals surface area contributed by atoms with Crippen LogP contribution in [0.1, 0.15) is 24.5 Å². The predicted molar refractivity (Wildman–Crippen MR) is 66.5 cm³/mol. The number of hydrogen-bond acceptors (Lipinski definition) is 5. The first kappa shape index (κ1) is 11.7. The normalized spacial score (nSPS) is 11.2. The van der Waals surface area contributed by atoms with Gasteiger partial charge in [-0.2, -0.15) is 5.26 Å². The van der Waals surface area contributed by atoms with Crippen molar-refractivity contribution >= 4 is 11.3 Å². The Hall–Kier alpha value is -1.80. The Labute approximate surface area is 104 Å². The molecule has 86 valence electrons. The van der Waals surface area contributed by atoms with E-state index in [1.54, 1.807) is 12.4 Å². The number of nitrogens with zero attached hydrogens (tertiary/aromatic N) is 4. The first-order valence-electron chi connectivity index (χ1n) is 5.20. The predicted octanol–water partition coefficient (Wildman–Crippen LogP) is 2.71. The Bertz CT molecular complexity index is 580. The van der Waals surface area contributed by atoms with Crippen LogP contribution in [0.4, 0.5) is 0 Å². The second-order valence-corrected chi connectivity index (χ2v) is 5.12. The smallest absolute Gasteiger partial charge is 0.113 e. The average molecular weight is 244 g/mol. The first-order chi connectivity index (χ1) is 8.04. The number of aryl methyl sites for hydroxylation is 1. The second-order valence-electron chi connectivity index (χ2n) is 4.27. The molecule has 0 amide bonds. The Morgan fingerprint density at radius 1 is 1.29 bits per heavy atom. The van der Waals surface area contributed by atoms with Gasteiger partial charge in [0, 0.05) is 17.8 Å². The standard InChI is InChI=1S/C12H12N4S/c1-8-10(15-5-4-14-8)9-6-17-11(16-9)12(2,3)7-13/h4-6H,1-3H3. The van der Waals surface area contributed by atoms with Crippen LogP contribution in [0.2, 0.25) is 0 Å². The molecule has 0 N–H and O–H groups in total. The van der Waals surface area contributed by atoms with Gasteiger partial charge in [-0.1, -0.05) is 0 Å². The number of hydrogen-bond donors (Lipinski definition) is 0. The lowest BCUT2D eigenvalue weighted by Gasteiger charge is -2.09. The second kappa shape index (κ2) is 4.22. The van der Waals surface area contributed by atoms with E-state index < -0.39 is 5.41 Å². The minimum absolute atomic E-state index is 0.557. The van der Waals surface area contributed by atoms with Crippen LogP contribution in [-0.2, 0) is 5.41 Å². The summed E-state index contributed by atoms with van der Waals surface area (Å²) in [7, 11) is 0. The number of nitriles is 1. The minimum atomic E-state index is -0.557. The van der Waals surface area contributed by atoms with Crippen molar-refractivity contribution in [1.82, 2.24) is 15.0 Å². The zero-order chi connectivity index (χ0) is 12.5. The van der Waals surface area contributed by atoms with Crippen molar-refractivity contribution < 1.29 is 0 Å². The van der Waals surface area contributed by atoms with Crippen LogP contribution in [0.5, 0.6) is 0 Å². The molecule has 2 rings (SSSR count). The summed E-state index contributed by atoms with van der Waals surface area (Å²) < 4.78 is 0. The molecule has 2 aromatic rings. The molecule has 0 aliphatic heterocycles. The minimum Gasteiger partial charge on any atom is -0.258 e. The van der Waals surface area contributed by atoms with Crippen LogP contribution < -0.4 is 0 Å². The van der Waals surface area contributed by atoms with Crippen LogP contribution >= 0.6 is 11.3 Å². The quantitative estimate of drug-likeness (QED) is 0.814. The topological polar surface area (TPSA) is 62.5 Å². The van der Waals surface area contributed by atoms with E-state index in [2.05, 4.69) is 21.0 Å². The molecule has 0 saturated heterocycles. The molecule has 4 nitrogen and oxygen atoms in total. The van der Waals surface area contributed by atoms with Crippen molar-refractivity contribution in [3.63, 3.8) is 0 Å². The van der Waals surface area contributed by atoms with Crippen LogP contribution in [0, 0.1) is 18.3 Å². The lowest BCUT2D eigenvalue weighted by Crippen LogP contribution is -2.13. The molecule has 0 aliphatic carbocycles. The van der Waals surface area contributed by atoms with Crippen molar-refractivity contribution in [3.05, 3.63) is 28.5 Å². The van der Waals surface area contributed by atoms with Crippen LogP contribution in [0.25, 0.3) is 11.4 Å². The van der Waals surface area contributed by atoms with Gasteiger partial charge in [0.25, 0.3) is 0 Å². The van der Waals surface area contributed by atoms with Gasteiger partial charge in [-0.3, -0.25) is 9.97 Å². The summed E-state index contributed by atoms with van der Waals surface area (Å²) in [6.45, 7) is 5.62. The van der Waals surface area contributed by atoms with E-state index in [1.807, 2.05) is 26.2 Å². The van der Waals surface area contributed by atoms with Crippen molar-refractivity contribution in [1.29, 1.82) is 5.26 Å². The van der Waals surface area contributed by atoms with E-state index >= 15 is 0 Å². The molecule has 0 aromatic carbocycles. The van der Waals surface area contributed by atoms with E-state index in [0.717, 1.165) is 22.1 Å². The molecule has 0 unspecified atom stereocenters. The fourth-order valence-electron chi connectivity index (χ4n) is 1.38. The molecule has 0 atom stereocenters. The number of aromatic nitrogens is 3. The zero-order valence-electron chi connectivity index (χ0n) is 9.93. The van der Waals surface area contributed by atoms with Crippen molar-refractivity contribution in [2.24, 2.45) is 0 Å². The van der Waals surface area contributed by atoms with Gasteiger partial charge in [0.1, 0.15) is 21.8 Å². The Balaban J connectivity index is 2.45. The van der Waals surface area contributed by atoms with E-state index in [9.17, 15) is 0 Å². The molecule has 2 aromatic heterocycles. The molecule has 5 heteroatoms. The summed E-state index contributed by atoms with van der Waals surface area (Å²) in [5, 5.41) is 11.8. The van der Waals surface area contributed by atoms with Gasteiger partial charge in [-0.15, -0.1) is 11.3 Å². The SMILES string of the molecule is Cc1nccnc1-c1csc(C(C)(C)C#N)n1. The fourth-order valence-corrected chi connectivity index (χ4v) is 2.26. The largest absolute Gasteiger partial charge is 0.258 e. The molecular weight excluding hydrogens is 232 g/mol. The highest BCUT2D eigenvalue weighted by Crippen LogP contribution is 2.29. The maximum absolute atomic E-state index is 9.07. The molecule has 0 radical (unpaired) electrons. The molecule has 17 heavy (non-hydrogen) atoms. The van der Waals surface area contributed by atoms with Gasteiger partial charge >= 0.3 is 0 Å². The molecule has 2 heterocycles. The van der Waals surface area contributed by atoms with E-state index in [-0.39, 0.29) is 0 Å². The average Bonchev–Trinajstić information content (AvgIpc) is 2.79. The summed E-state index contributed by atoms with van der Waals surface area (Å²) in [5.41, 5.74) is 1.86. The highest BCUT2D eigenvalue weighted by Gasteiger charge is 2.24. The third kappa shape index (κ3) is 2.17. The van der Waals surface area contributed by atoms with Crippen molar-refractivity contribution in [3.8, 4) is 17.5 Å². The van der Waals surface area contributed by atoms with Gasteiger partial charge < -0.3 is 0 Å². The van der Waals surface area contributed by atoms with Gasteiger partial charge in [-0.05, 0) is 20.8 Å². The molecular formula is C12H12N4S. The Morgan fingerprint density at radius 3 is 2.65 bits per heavy atom. The molecule has 0 spiro atoms. The first-order valence-corrected chi connectivity index (χ1v) is 6.08. The Morgan fingerprint density at radius 2 is 2.00 bits per heavy atom. The van der Waals surface area contributed by atoms with Crippen LogP contribution in [-0.4, -0.2) is 15.0 Å². The Kier molecular flexibility index (Phi) is 2.90. The molecule has 0 aliphatic rings. The van der Waals surface area contributed by atoms with Crippen LogP contribution in [0.15, 0.2) is 17.8 Å². The number of rotatable bonds is 2. The lowest BCUT2D eigenvalue weighted by molar-refractivity contribution is 0.680. The third-order valence-corrected chi connectivity index (χ3v) is 3.61. The highest BCUT2D eigenvalue weighted by molar-refractivity contribution is 7.10. The summed E-state index contributed by atoms with van der Waals surface area (Å²) in [5.74, 6) is 0.